The largest absolute Gasteiger partial charge is 0.488 e. The van der Waals surface area contributed by atoms with Gasteiger partial charge in [-0.25, -0.2) is 18.7 Å². The highest BCUT2D eigenvalue weighted by Gasteiger charge is 2.42. The molecule has 61 heavy (non-hydrogen) atoms. The number of rotatable bonds is 11. The molecular formula is C45H54F2N10O4. The first-order valence-corrected chi connectivity index (χ1v) is 22.1. The summed E-state index contributed by atoms with van der Waals surface area (Å²) in [5.74, 6) is 0.530. The first-order chi connectivity index (χ1) is 29.5. The molecule has 0 spiro atoms. The van der Waals surface area contributed by atoms with Crippen molar-refractivity contribution in [2.75, 3.05) is 75.2 Å². The van der Waals surface area contributed by atoms with E-state index < -0.39 is 23.4 Å². The number of halogens is 2. The van der Waals surface area contributed by atoms with Gasteiger partial charge in [-0.2, -0.15) is 5.10 Å². The predicted octanol–water partition coefficient (Wildman–Crippen LogP) is 5.08. The number of hydrogen-bond donors (Lipinski definition) is 2. The van der Waals surface area contributed by atoms with Crippen LogP contribution < -0.4 is 19.9 Å². The van der Waals surface area contributed by atoms with Crippen LogP contribution in [0.3, 0.4) is 0 Å². The topological polar surface area (TPSA) is 143 Å². The van der Waals surface area contributed by atoms with Crippen LogP contribution in [0.4, 0.5) is 20.3 Å². The van der Waals surface area contributed by atoms with Crippen molar-refractivity contribution in [1.29, 1.82) is 0 Å². The molecule has 1 saturated carbocycles. The number of nitrogens with zero attached hydrogens (tertiary/aromatic N) is 8. The number of amides is 3. The molecule has 0 unspecified atom stereocenters. The molecule has 1 atom stereocenters. The summed E-state index contributed by atoms with van der Waals surface area (Å²) in [6.07, 6.45) is 7.58. The van der Waals surface area contributed by atoms with Crippen molar-refractivity contribution in [2.45, 2.75) is 88.6 Å². The lowest BCUT2D eigenvalue weighted by molar-refractivity contribution is -0.136. The fraction of sp³-hybridized carbons (Fsp3) is 0.556. The molecule has 4 aromatic rings. The average Bonchev–Trinajstić information content (AvgIpc) is 3.68. The number of imide groups is 1. The first-order valence-electron chi connectivity index (χ1n) is 22.1. The number of alkyl halides is 1. The van der Waals surface area contributed by atoms with Gasteiger partial charge < -0.3 is 24.3 Å². The van der Waals surface area contributed by atoms with Crippen LogP contribution in [-0.2, 0) is 16.1 Å². The highest BCUT2D eigenvalue weighted by atomic mass is 19.1. The summed E-state index contributed by atoms with van der Waals surface area (Å²) < 4.78 is 38.3. The summed E-state index contributed by atoms with van der Waals surface area (Å²) >= 11 is 0. The number of nitrogens with one attached hydrogen (secondary N) is 2. The summed E-state index contributed by atoms with van der Waals surface area (Å²) in [5.41, 5.74) is 2.34. The predicted molar refractivity (Wildman–Crippen MR) is 226 cm³/mol. The van der Waals surface area contributed by atoms with Gasteiger partial charge in [0.15, 0.2) is 5.82 Å². The maximum absolute atomic E-state index is 16.2. The minimum atomic E-state index is -1.16. The highest BCUT2D eigenvalue weighted by molar-refractivity contribution is 6.05. The van der Waals surface area contributed by atoms with Crippen LogP contribution >= 0.6 is 0 Å². The second-order valence-electron chi connectivity index (χ2n) is 18.4. The van der Waals surface area contributed by atoms with Crippen LogP contribution in [-0.4, -0.2) is 135 Å². The Balaban J connectivity index is 0.662. The molecule has 5 fully saturated rings. The second-order valence-corrected chi connectivity index (χ2v) is 18.4. The molecule has 4 saturated heterocycles. The van der Waals surface area contributed by atoms with Crippen molar-refractivity contribution in [3.63, 3.8) is 0 Å². The Morgan fingerprint density at radius 2 is 1.66 bits per heavy atom. The van der Waals surface area contributed by atoms with Gasteiger partial charge >= 0.3 is 0 Å². The molecule has 0 radical (unpaired) electrons. The maximum Gasteiger partial charge on any atom is 0.255 e. The fourth-order valence-corrected chi connectivity index (χ4v) is 9.97. The number of likely N-dealkylation sites (tertiary alicyclic amines) is 1. The van der Waals surface area contributed by atoms with Gasteiger partial charge in [0.1, 0.15) is 40.9 Å². The number of fused-ring (bicyclic) bond motifs is 2. The van der Waals surface area contributed by atoms with Crippen molar-refractivity contribution >= 4 is 40.1 Å². The summed E-state index contributed by atoms with van der Waals surface area (Å²) in [6, 6.07) is 10.6. The Morgan fingerprint density at radius 1 is 0.869 bits per heavy atom. The van der Waals surface area contributed by atoms with Crippen LogP contribution in [0.15, 0.2) is 42.7 Å². The van der Waals surface area contributed by atoms with Gasteiger partial charge in [-0.15, -0.1) is 0 Å². The highest BCUT2D eigenvalue weighted by Crippen LogP contribution is 2.41. The van der Waals surface area contributed by atoms with Crippen LogP contribution in [0, 0.1) is 11.7 Å². The molecule has 6 aliphatic rings. The van der Waals surface area contributed by atoms with Gasteiger partial charge in [-0.05, 0) is 94.5 Å². The van der Waals surface area contributed by atoms with Gasteiger partial charge in [0.25, 0.3) is 5.91 Å². The molecular weight excluding hydrogens is 783 g/mol. The molecule has 5 aliphatic heterocycles. The fourth-order valence-electron chi connectivity index (χ4n) is 9.97. The third-order valence-corrected chi connectivity index (χ3v) is 14.2. The smallest absolute Gasteiger partial charge is 0.255 e. The Morgan fingerprint density at radius 3 is 2.41 bits per heavy atom. The van der Waals surface area contributed by atoms with Crippen molar-refractivity contribution < 1.29 is 27.9 Å². The van der Waals surface area contributed by atoms with E-state index in [0.29, 0.717) is 49.5 Å². The van der Waals surface area contributed by atoms with E-state index in [4.69, 9.17) is 4.74 Å². The first kappa shape index (κ1) is 39.9. The van der Waals surface area contributed by atoms with Crippen LogP contribution in [0.2, 0.25) is 0 Å². The zero-order valence-corrected chi connectivity index (χ0v) is 34.8. The van der Waals surface area contributed by atoms with E-state index in [-0.39, 0.29) is 42.4 Å². The normalized spacial score (nSPS) is 23.4. The van der Waals surface area contributed by atoms with E-state index >= 15 is 8.78 Å². The number of piperidine rings is 3. The van der Waals surface area contributed by atoms with E-state index in [9.17, 15) is 14.4 Å². The number of benzene rings is 2. The minimum Gasteiger partial charge on any atom is -0.488 e. The van der Waals surface area contributed by atoms with Crippen molar-refractivity contribution in [2.24, 2.45) is 5.92 Å². The standard InChI is InChI=1S/C45H54F2N10O4/c1-44(10-11-44)61-30-2-4-34-32(24-30)41(52-51-34)35-25-38(49-28-48-35)56-22-20-53(21-23-56)17-12-45(47)13-18-54(19-14-45)26-29-8-15-55(16-9-29)36-5-3-31-33(40(36)46)27-57(43(31)60)37-6-7-39(58)50-42(37)59/h2-5,24-25,28-29,37H,6-23,26-27H2,1H3,(H,51,52)(H,50,58,59)/t37-/m1/s1. The minimum absolute atomic E-state index is 0.0202. The lowest BCUT2D eigenvalue weighted by Crippen LogP contribution is -2.52. The molecule has 2 aromatic carbocycles. The molecule has 322 valence electrons. The summed E-state index contributed by atoms with van der Waals surface area (Å²) in [5, 5.41) is 11.0. The van der Waals surface area contributed by atoms with E-state index in [1.807, 2.05) is 24.3 Å². The van der Waals surface area contributed by atoms with Gasteiger partial charge in [0, 0.05) is 94.4 Å². The van der Waals surface area contributed by atoms with Gasteiger partial charge in [0.05, 0.1) is 23.4 Å². The summed E-state index contributed by atoms with van der Waals surface area (Å²) in [7, 11) is 0. The number of carbonyl (C=O) groups is 3. The molecule has 7 heterocycles. The van der Waals surface area contributed by atoms with E-state index in [1.54, 1.807) is 18.5 Å². The SMILES string of the molecule is CC1(Oc2ccc3[nH]nc(-c4cc(N5CCN(CCC6(F)CCN(CC7CCN(c8ccc9c(c8F)CN([C@@H]8CCC(=O)NC8=O)C9=O)CC7)CC6)CC5)ncn4)c3c2)CC1. The molecule has 0 bridgehead atoms. The van der Waals surface area contributed by atoms with Crippen LogP contribution in [0.1, 0.15) is 80.6 Å². The zero-order valence-electron chi connectivity index (χ0n) is 34.8. The van der Waals surface area contributed by atoms with Gasteiger partial charge in [0.2, 0.25) is 11.8 Å². The Labute approximate surface area is 354 Å². The Hall–Kier alpha value is -5.22. The third-order valence-electron chi connectivity index (χ3n) is 14.2. The van der Waals surface area contributed by atoms with E-state index in [0.717, 1.165) is 112 Å². The number of ether oxygens (including phenoxy) is 1. The lowest BCUT2D eigenvalue weighted by atomic mass is 9.88. The molecule has 14 nitrogen and oxygen atoms in total. The summed E-state index contributed by atoms with van der Waals surface area (Å²) in [6.45, 7) is 10.0. The van der Waals surface area contributed by atoms with E-state index in [2.05, 4.69) is 52.0 Å². The number of H-pyrrole nitrogens is 1. The second kappa shape index (κ2) is 15.9. The Kier molecular flexibility index (Phi) is 10.4. The number of aromatic nitrogens is 4. The molecule has 1 aliphatic carbocycles. The van der Waals surface area contributed by atoms with Gasteiger partial charge in [-0.3, -0.25) is 29.7 Å². The molecule has 3 amide bonds. The van der Waals surface area contributed by atoms with Crippen LogP contribution in [0.25, 0.3) is 22.3 Å². The molecule has 2 aromatic heterocycles. The lowest BCUT2D eigenvalue weighted by Gasteiger charge is -2.41. The number of anilines is 2. The number of carbonyl (C=O) groups excluding carboxylic acids is 3. The zero-order chi connectivity index (χ0) is 41.9. The Bertz CT molecular complexity index is 2330. The molecule has 2 N–H and O–H groups in total. The van der Waals surface area contributed by atoms with Crippen molar-refractivity contribution in [3.05, 3.63) is 59.7 Å². The summed E-state index contributed by atoms with van der Waals surface area (Å²) in [4.78, 5) is 56.9. The quantitative estimate of drug-likeness (QED) is 0.195. The van der Waals surface area contributed by atoms with E-state index in [1.165, 1.54) is 4.90 Å². The van der Waals surface area contributed by atoms with Crippen LogP contribution in [0.5, 0.6) is 5.75 Å². The maximum atomic E-state index is 16.2. The number of piperazine rings is 1. The average molecular weight is 837 g/mol. The molecule has 10 rings (SSSR count). The van der Waals surface area contributed by atoms with Gasteiger partial charge in [-0.1, -0.05) is 0 Å². The number of hydrogen-bond acceptors (Lipinski definition) is 11. The van der Waals surface area contributed by atoms with Crippen molar-refractivity contribution in [3.8, 4) is 17.1 Å². The monoisotopic (exact) mass is 836 g/mol. The number of aromatic amines is 1. The third kappa shape index (κ3) is 8.16. The molecule has 16 heteroatoms. The van der Waals surface area contributed by atoms with Crippen molar-refractivity contribution in [1.82, 2.24) is 40.2 Å².